The predicted octanol–water partition coefficient (Wildman–Crippen LogP) is 2.82. The van der Waals surface area contributed by atoms with Crippen molar-refractivity contribution < 1.29 is 9.13 Å². The average Bonchev–Trinajstić information content (AvgIpc) is 2.77. The first-order chi connectivity index (χ1) is 8.20. The van der Waals surface area contributed by atoms with Crippen LogP contribution in [-0.4, -0.2) is 19.8 Å². The number of rotatable bonds is 4. The second-order valence-corrected chi connectivity index (χ2v) is 4.72. The fraction of sp³-hybridized carbons (Fsp3) is 0.571. The number of aryl methyl sites for hydroxylation is 1. The van der Waals surface area contributed by atoms with Gasteiger partial charge < -0.3 is 10.1 Å². The van der Waals surface area contributed by atoms with Crippen molar-refractivity contribution in [3.63, 3.8) is 0 Å². The summed E-state index contributed by atoms with van der Waals surface area (Å²) in [5.74, 6) is 0.304. The Morgan fingerprint density at radius 2 is 2.29 bits per heavy atom. The van der Waals surface area contributed by atoms with Gasteiger partial charge in [0, 0.05) is 18.6 Å². The van der Waals surface area contributed by atoms with Gasteiger partial charge in [-0.05, 0) is 43.1 Å². The van der Waals surface area contributed by atoms with E-state index in [-0.39, 0.29) is 11.9 Å². The van der Waals surface area contributed by atoms with E-state index in [1.54, 1.807) is 12.1 Å². The Balaban J connectivity index is 2.24. The number of hydrogen-bond donors (Lipinski definition) is 1. The van der Waals surface area contributed by atoms with E-state index in [0.717, 1.165) is 37.3 Å². The van der Waals surface area contributed by atoms with Gasteiger partial charge in [0.05, 0.1) is 6.61 Å². The number of ether oxygens (including phenoxy) is 1. The molecule has 1 heterocycles. The van der Waals surface area contributed by atoms with Crippen LogP contribution < -0.4 is 5.32 Å². The monoisotopic (exact) mass is 237 g/mol. The molecule has 2 atom stereocenters. The Hall–Kier alpha value is -0.930. The summed E-state index contributed by atoms with van der Waals surface area (Å²) in [6.45, 7) is 6.49. The fourth-order valence-corrected chi connectivity index (χ4v) is 2.54. The Labute approximate surface area is 102 Å². The summed E-state index contributed by atoms with van der Waals surface area (Å²) in [5, 5.41) is 3.45. The van der Waals surface area contributed by atoms with Crippen molar-refractivity contribution in [1.29, 1.82) is 0 Å². The third-order valence-electron chi connectivity index (χ3n) is 3.28. The topological polar surface area (TPSA) is 21.3 Å². The van der Waals surface area contributed by atoms with Crippen LogP contribution in [0.2, 0.25) is 0 Å². The van der Waals surface area contributed by atoms with Crippen LogP contribution in [0.1, 0.15) is 30.5 Å². The molecule has 0 aliphatic carbocycles. The normalized spacial score (nSPS) is 21.7. The van der Waals surface area contributed by atoms with Gasteiger partial charge in [-0.15, -0.1) is 0 Å². The molecule has 1 aliphatic heterocycles. The summed E-state index contributed by atoms with van der Waals surface area (Å²) in [7, 11) is 0. The lowest BCUT2D eigenvalue weighted by Gasteiger charge is -2.24. The minimum Gasteiger partial charge on any atom is -0.381 e. The van der Waals surface area contributed by atoms with E-state index < -0.39 is 0 Å². The first-order valence-corrected chi connectivity index (χ1v) is 6.29. The highest BCUT2D eigenvalue weighted by molar-refractivity contribution is 5.27. The van der Waals surface area contributed by atoms with Crippen LogP contribution in [0.25, 0.3) is 0 Å². The first kappa shape index (κ1) is 12.5. The highest BCUT2D eigenvalue weighted by atomic mass is 19.1. The van der Waals surface area contributed by atoms with Crippen LogP contribution in [-0.2, 0) is 4.74 Å². The lowest BCUT2D eigenvalue weighted by molar-refractivity contribution is 0.177. The molecule has 1 saturated heterocycles. The van der Waals surface area contributed by atoms with Gasteiger partial charge in [-0.3, -0.25) is 0 Å². The predicted molar refractivity (Wildman–Crippen MR) is 66.5 cm³/mol. The Morgan fingerprint density at radius 1 is 1.47 bits per heavy atom. The molecule has 0 aromatic heterocycles. The SMILES string of the molecule is CCNC(c1cc(C)cc(F)c1)C1CCOC1. The molecule has 0 amide bonds. The fourth-order valence-electron chi connectivity index (χ4n) is 2.54. The van der Waals surface area contributed by atoms with Crippen molar-refractivity contribution >= 4 is 0 Å². The zero-order valence-electron chi connectivity index (χ0n) is 10.5. The van der Waals surface area contributed by atoms with E-state index >= 15 is 0 Å². The molecule has 0 saturated carbocycles. The quantitative estimate of drug-likeness (QED) is 0.869. The standard InChI is InChI=1S/C14H20FNO/c1-3-16-14(11-4-5-17-9-11)12-6-10(2)7-13(15)8-12/h6-8,11,14,16H,3-5,9H2,1-2H3. The molecule has 2 nitrogen and oxygen atoms in total. The second-order valence-electron chi connectivity index (χ2n) is 4.72. The molecule has 0 bridgehead atoms. The molecule has 1 aromatic carbocycles. The Bertz CT molecular complexity index is 354. The molecular weight excluding hydrogens is 217 g/mol. The molecule has 0 spiro atoms. The third kappa shape index (κ3) is 3.05. The molecule has 94 valence electrons. The molecule has 1 N–H and O–H groups in total. The van der Waals surface area contributed by atoms with Gasteiger partial charge in [0.1, 0.15) is 5.82 Å². The lowest BCUT2D eigenvalue weighted by Crippen LogP contribution is -2.28. The van der Waals surface area contributed by atoms with Crippen molar-refractivity contribution in [2.24, 2.45) is 5.92 Å². The van der Waals surface area contributed by atoms with Gasteiger partial charge in [-0.2, -0.15) is 0 Å². The van der Waals surface area contributed by atoms with Crippen LogP contribution >= 0.6 is 0 Å². The summed E-state index contributed by atoms with van der Waals surface area (Å²) in [6.07, 6.45) is 1.05. The van der Waals surface area contributed by atoms with Crippen molar-refractivity contribution in [1.82, 2.24) is 5.32 Å². The Kier molecular flexibility index (Phi) is 4.13. The van der Waals surface area contributed by atoms with Crippen LogP contribution in [0.5, 0.6) is 0 Å². The highest BCUT2D eigenvalue weighted by Crippen LogP contribution is 2.29. The van der Waals surface area contributed by atoms with Gasteiger partial charge in [-0.1, -0.05) is 13.0 Å². The smallest absolute Gasteiger partial charge is 0.123 e. The van der Waals surface area contributed by atoms with Crippen molar-refractivity contribution in [2.45, 2.75) is 26.3 Å². The number of hydrogen-bond acceptors (Lipinski definition) is 2. The van der Waals surface area contributed by atoms with E-state index in [9.17, 15) is 4.39 Å². The maximum absolute atomic E-state index is 13.5. The molecule has 17 heavy (non-hydrogen) atoms. The van der Waals surface area contributed by atoms with E-state index in [4.69, 9.17) is 4.74 Å². The van der Waals surface area contributed by atoms with E-state index in [2.05, 4.69) is 18.3 Å². The minimum absolute atomic E-state index is 0.151. The van der Waals surface area contributed by atoms with Gasteiger partial charge in [-0.25, -0.2) is 4.39 Å². The maximum Gasteiger partial charge on any atom is 0.123 e. The van der Waals surface area contributed by atoms with Crippen molar-refractivity contribution in [2.75, 3.05) is 19.8 Å². The zero-order chi connectivity index (χ0) is 12.3. The van der Waals surface area contributed by atoms with E-state index in [1.165, 1.54) is 0 Å². The number of halogens is 1. The lowest BCUT2D eigenvalue weighted by atomic mass is 9.91. The van der Waals surface area contributed by atoms with Crippen molar-refractivity contribution in [3.05, 3.63) is 35.1 Å². The summed E-state index contributed by atoms with van der Waals surface area (Å²) in [6, 6.07) is 5.47. The largest absolute Gasteiger partial charge is 0.381 e. The summed E-state index contributed by atoms with van der Waals surface area (Å²) in [5.41, 5.74) is 2.02. The van der Waals surface area contributed by atoms with Crippen LogP contribution in [0.4, 0.5) is 4.39 Å². The van der Waals surface area contributed by atoms with Crippen LogP contribution in [0.15, 0.2) is 18.2 Å². The third-order valence-corrected chi connectivity index (χ3v) is 3.28. The second kappa shape index (κ2) is 5.61. The summed E-state index contributed by atoms with van der Waals surface area (Å²) in [4.78, 5) is 0. The minimum atomic E-state index is -0.151. The average molecular weight is 237 g/mol. The molecule has 1 aliphatic rings. The molecule has 2 unspecified atom stereocenters. The first-order valence-electron chi connectivity index (χ1n) is 6.29. The highest BCUT2D eigenvalue weighted by Gasteiger charge is 2.26. The number of benzene rings is 1. The van der Waals surface area contributed by atoms with Gasteiger partial charge in [0.2, 0.25) is 0 Å². The number of nitrogens with one attached hydrogen (secondary N) is 1. The molecule has 0 radical (unpaired) electrons. The molecule has 2 rings (SSSR count). The van der Waals surface area contributed by atoms with Gasteiger partial charge >= 0.3 is 0 Å². The van der Waals surface area contributed by atoms with E-state index in [0.29, 0.717) is 5.92 Å². The van der Waals surface area contributed by atoms with Gasteiger partial charge in [0.25, 0.3) is 0 Å². The molecule has 3 heteroatoms. The summed E-state index contributed by atoms with van der Waals surface area (Å²) >= 11 is 0. The van der Waals surface area contributed by atoms with E-state index in [1.807, 2.05) is 6.92 Å². The molecule has 1 fully saturated rings. The van der Waals surface area contributed by atoms with Gasteiger partial charge in [0.15, 0.2) is 0 Å². The van der Waals surface area contributed by atoms with Crippen LogP contribution in [0.3, 0.4) is 0 Å². The Morgan fingerprint density at radius 3 is 2.88 bits per heavy atom. The maximum atomic E-state index is 13.5. The molecule has 1 aromatic rings. The summed E-state index contributed by atoms with van der Waals surface area (Å²) < 4.78 is 18.9. The van der Waals surface area contributed by atoms with Crippen molar-refractivity contribution in [3.8, 4) is 0 Å². The van der Waals surface area contributed by atoms with Crippen LogP contribution in [0, 0.1) is 18.7 Å². The molecular formula is C14H20FNO. The zero-order valence-corrected chi connectivity index (χ0v) is 10.5.